The predicted molar refractivity (Wildman–Crippen MR) is 104 cm³/mol. The average Bonchev–Trinajstić information content (AvgIpc) is 2.66. The largest absolute Gasteiger partial charge is 0.350 e. The van der Waals surface area contributed by atoms with Crippen LogP contribution >= 0.6 is 0 Å². The van der Waals surface area contributed by atoms with Crippen molar-refractivity contribution in [1.82, 2.24) is 15.3 Å². The fourth-order valence-corrected chi connectivity index (χ4v) is 2.56. The van der Waals surface area contributed by atoms with Gasteiger partial charge in [0.2, 0.25) is 5.95 Å². The summed E-state index contributed by atoms with van der Waals surface area (Å²) in [5, 5.41) is 5.94. The molecule has 1 aromatic heterocycles. The van der Waals surface area contributed by atoms with E-state index in [0.29, 0.717) is 18.9 Å². The zero-order valence-electron chi connectivity index (χ0n) is 15.3. The number of halogens is 1. The van der Waals surface area contributed by atoms with Gasteiger partial charge in [-0.05, 0) is 67.3 Å². The van der Waals surface area contributed by atoms with Gasteiger partial charge in [0.15, 0.2) is 0 Å². The molecule has 0 bridgehead atoms. The molecule has 0 aliphatic heterocycles. The van der Waals surface area contributed by atoms with Crippen LogP contribution in [-0.2, 0) is 6.42 Å². The van der Waals surface area contributed by atoms with E-state index in [1.807, 2.05) is 32.0 Å². The van der Waals surface area contributed by atoms with Crippen molar-refractivity contribution < 1.29 is 9.18 Å². The molecule has 2 N–H and O–H groups in total. The van der Waals surface area contributed by atoms with Crippen LogP contribution in [0.5, 0.6) is 0 Å². The minimum atomic E-state index is -0.275. The summed E-state index contributed by atoms with van der Waals surface area (Å²) in [5.74, 6) is -0.181. The number of carbonyl (C=O) groups excluding carboxylic acids is 1. The Bertz CT molecular complexity index is 941. The number of anilines is 2. The van der Waals surface area contributed by atoms with Crippen molar-refractivity contribution in [1.29, 1.82) is 0 Å². The molecule has 27 heavy (non-hydrogen) atoms. The molecule has 0 spiro atoms. The van der Waals surface area contributed by atoms with Gasteiger partial charge < -0.3 is 10.6 Å². The number of rotatable bonds is 6. The van der Waals surface area contributed by atoms with E-state index in [9.17, 15) is 9.18 Å². The van der Waals surface area contributed by atoms with E-state index in [0.717, 1.165) is 16.8 Å². The fourth-order valence-electron chi connectivity index (χ4n) is 2.56. The Morgan fingerprint density at radius 1 is 1.04 bits per heavy atom. The number of nitrogens with zero attached hydrogens (tertiary/aromatic N) is 2. The zero-order chi connectivity index (χ0) is 19.2. The summed E-state index contributed by atoms with van der Waals surface area (Å²) in [5.41, 5.74) is 4.48. The van der Waals surface area contributed by atoms with Gasteiger partial charge in [-0.1, -0.05) is 18.2 Å². The number of carbonyl (C=O) groups is 1. The molecule has 1 amide bonds. The SMILES string of the molecule is Cc1ccc(Nc2nccc(C(=O)NCCc3ccc(F)cc3)n2)cc1C. The monoisotopic (exact) mass is 364 g/mol. The van der Waals surface area contributed by atoms with E-state index in [1.54, 1.807) is 24.4 Å². The molecule has 0 saturated carbocycles. The summed E-state index contributed by atoms with van der Waals surface area (Å²) in [6.45, 7) is 4.52. The molecule has 138 valence electrons. The fraction of sp³-hybridized carbons (Fsp3) is 0.190. The Balaban J connectivity index is 1.59. The van der Waals surface area contributed by atoms with Crippen LogP contribution in [0, 0.1) is 19.7 Å². The highest BCUT2D eigenvalue weighted by Gasteiger charge is 2.09. The van der Waals surface area contributed by atoms with E-state index in [2.05, 4.69) is 20.6 Å². The van der Waals surface area contributed by atoms with Gasteiger partial charge in [-0.2, -0.15) is 0 Å². The van der Waals surface area contributed by atoms with Crippen molar-refractivity contribution in [2.75, 3.05) is 11.9 Å². The van der Waals surface area contributed by atoms with E-state index in [4.69, 9.17) is 0 Å². The molecule has 0 fully saturated rings. The summed E-state index contributed by atoms with van der Waals surface area (Å²) in [7, 11) is 0. The molecule has 0 aliphatic carbocycles. The Labute approximate surface area is 157 Å². The molecule has 0 atom stereocenters. The Kier molecular flexibility index (Phi) is 5.76. The molecule has 0 unspecified atom stereocenters. The van der Waals surface area contributed by atoms with Crippen LogP contribution < -0.4 is 10.6 Å². The molecule has 2 aromatic carbocycles. The lowest BCUT2D eigenvalue weighted by Crippen LogP contribution is -2.26. The molecule has 0 aliphatic rings. The lowest BCUT2D eigenvalue weighted by atomic mass is 10.1. The normalized spacial score (nSPS) is 10.5. The van der Waals surface area contributed by atoms with E-state index < -0.39 is 0 Å². The molecule has 0 radical (unpaired) electrons. The van der Waals surface area contributed by atoms with E-state index >= 15 is 0 Å². The first kappa shape index (κ1) is 18.5. The first-order valence-electron chi connectivity index (χ1n) is 8.71. The first-order valence-corrected chi connectivity index (χ1v) is 8.71. The number of nitrogens with one attached hydrogen (secondary N) is 2. The second-order valence-electron chi connectivity index (χ2n) is 6.32. The summed E-state index contributed by atoms with van der Waals surface area (Å²) in [6, 6.07) is 13.8. The Morgan fingerprint density at radius 3 is 2.56 bits per heavy atom. The van der Waals surface area contributed by atoms with Crippen molar-refractivity contribution >= 4 is 17.5 Å². The predicted octanol–water partition coefficient (Wildman–Crippen LogP) is 3.95. The molecule has 3 rings (SSSR count). The van der Waals surface area contributed by atoms with Crippen LogP contribution in [-0.4, -0.2) is 22.4 Å². The lowest BCUT2D eigenvalue weighted by molar-refractivity contribution is 0.0949. The average molecular weight is 364 g/mol. The Morgan fingerprint density at radius 2 is 1.81 bits per heavy atom. The maximum atomic E-state index is 12.9. The minimum absolute atomic E-state index is 0.271. The number of hydrogen-bond acceptors (Lipinski definition) is 4. The Hall–Kier alpha value is -3.28. The zero-order valence-corrected chi connectivity index (χ0v) is 15.3. The van der Waals surface area contributed by atoms with Crippen LogP contribution in [0.4, 0.5) is 16.0 Å². The number of amides is 1. The number of aromatic nitrogens is 2. The molecule has 3 aromatic rings. The molecule has 0 saturated heterocycles. The number of benzene rings is 2. The third-order valence-corrected chi connectivity index (χ3v) is 4.26. The van der Waals surface area contributed by atoms with Gasteiger partial charge in [0.1, 0.15) is 11.5 Å². The highest BCUT2D eigenvalue weighted by Crippen LogP contribution is 2.17. The van der Waals surface area contributed by atoms with Crippen molar-refractivity contribution in [3.05, 3.63) is 82.9 Å². The van der Waals surface area contributed by atoms with Gasteiger partial charge in [-0.3, -0.25) is 4.79 Å². The first-order chi connectivity index (χ1) is 13.0. The maximum Gasteiger partial charge on any atom is 0.270 e. The van der Waals surface area contributed by atoms with Crippen LogP contribution in [0.2, 0.25) is 0 Å². The summed E-state index contributed by atoms with van der Waals surface area (Å²) in [4.78, 5) is 20.7. The molecule has 1 heterocycles. The molecular formula is C21H21FN4O. The topological polar surface area (TPSA) is 66.9 Å². The van der Waals surface area contributed by atoms with Crippen molar-refractivity contribution in [2.24, 2.45) is 0 Å². The van der Waals surface area contributed by atoms with Gasteiger partial charge in [0.25, 0.3) is 5.91 Å². The van der Waals surface area contributed by atoms with E-state index in [-0.39, 0.29) is 17.4 Å². The van der Waals surface area contributed by atoms with Gasteiger partial charge in [0.05, 0.1) is 0 Å². The standard InChI is InChI=1S/C21H21FN4O/c1-14-3-8-18(13-15(14)2)25-21-24-12-10-19(26-21)20(27)23-11-9-16-4-6-17(22)7-5-16/h3-8,10,12-13H,9,11H2,1-2H3,(H,23,27)(H,24,25,26). The van der Waals surface area contributed by atoms with Crippen LogP contribution in [0.1, 0.15) is 27.2 Å². The lowest BCUT2D eigenvalue weighted by Gasteiger charge is -2.09. The third-order valence-electron chi connectivity index (χ3n) is 4.26. The second kappa shape index (κ2) is 8.40. The number of hydrogen-bond donors (Lipinski definition) is 2. The highest BCUT2D eigenvalue weighted by molar-refractivity contribution is 5.92. The van der Waals surface area contributed by atoms with Gasteiger partial charge >= 0.3 is 0 Å². The van der Waals surface area contributed by atoms with Gasteiger partial charge in [0, 0.05) is 18.4 Å². The maximum absolute atomic E-state index is 12.9. The quantitative estimate of drug-likeness (QED) is 0.695. The van der Waals surface area contributed by atoms with Crippen LogP contribution in [0.3, 0.4) is 0 Å². The third kappa shape index (κ3) is 5.10. The minimum Gasteiger partial charge on any atom is -0.350 e. The van der Waals surface area contributed by atoms with Crippen molar-refractivity contribution in [2.45, 2.75) is 20.3 Å². The van der Waals surface area contributed by atoms with Crippen molar-refractivity contribution in [3.63, 3.8) is 0 Å². The molecule has 6 heteroatoms. The summed E-state index contributed by atoms with van der Waals surface area (Å²) < 4.78 is 12.9. The second-order valence-corrected chi connectivity index (χ2v) is 6.32. The number of aryl methyl sites for hydroxylation is 2. The smallest absolute Gasteiger partial charge is 0.270 e. The summed E-state index contributed by atoms with van der Waals surface area (Å²) in [6.07, 6.45) is 2.16. The van der Waals surface area contributed by atoms with Crippen LogP contribution in [0.25, 0.3) is 0 Å². The van der Waals surface area contributed by atoms with Crippen molar-refractivity contribution in [3.8, 4) is 0 Å². The highest BCUT2D eigenvalue weighted by atomic mass is 19.1. The molecular weight excluding hydrogens is 343 g/mol. The van der Waals surface area contributed by atoms with Gasteiger partial charge in [-0.15, -0.1) is 0 Å². The van der Waals surface area contributed by atoms with Crippen LogP contribution in [0.15, 0.2) is 54.7 Å². The summed E-state index contributed by atoms with van der Waals surface area (Å²) >= 11 is 0. The van der Waals surface area contributed by atoms with E-state index in [1.165, 1.54) is 17.7 Å². The van der Waals surface area contributed by atoms with Gasteiger partial charge in [-0.25, -0.2) is 14.4 Å². The molecule has 5 nitrogen and oxygen atoms in total.